The largest absolute Gasteiger partial charge is 0.509 e. The molecule has 0 amide bonds. The number of anilines is 3. The van der Waals surface area contributed by atoms with Crippen LogP contribution in [0.15, 0.2) is 140 Å². The maximum atomic E-state index is 6.61. The summed E-state index contributed by atoms with van der Waals surface area (Å²) in [4.78, 5) is 9.42. The van der Waals surface area contributed by atoms with Gasteiger partial charge in [-0.25, -0.2) is 4.98 Å². The molecule has 9 rings (SSSR count). The normalized spacial score (nSPS) is 13.1. The molecule has 0 unspecified atom stereocenters. The summed E-state index contributed by atoms with van der Waals surface area (Å²) in [6, 6.07) is 54.8. The van der Waals surface area contributed by atoms with Crippen molar-refractivity contribution in [1.82, 2.24) is 9.55 Å². The van der Waals surface area contributed by atoms with Crippen molar-refractivity contribution in [3.05, 3.63) is 181 Å². The third kappa shape index (κ3) is 8.25. The van der Waals surface area contributed by atoms with Crippen LogP contribution >= 0.6 is 0 Å². The summed E-state index contributed by atoms with van der Waals surface area (Å²) in [6.07, 6.45) is 1.90. The molecule has 6 aromatic carbocycles. The first-order valence-corrected chi connectivity index (χ1v) is 21.0. The number of pyridine rings is 1. The fourth-order valence-electron chi connectivity index (χ4n) is 8.24. The van der Waals surface area contributed by atoms with Crippen molar-refractivity contribution in [2.24, 2.45) is 0 Å². The van der Waals surface area contributed by atoms with Gasteiger partial charge < -0.3 is 19.1 Å². The summed E-state index contributed by atoms with van der Waals surface area (Å²) in [6.45, 7) is 23.3. The molecule has 312 valence electrons. The van der Waals surface area contributed by atoms with Gasteiger partial charge in [0.15, 0.2) is 0 Å². The molecule has 8 aromatic rings. The van der Waals surface area contributed by atoms with Crippen LogP contribution in [-0.2, 0) is 43.9 Å². The first-order chi connectivity index (χ1) is 28.6. The molecule has 0 aliphatic carbocycles. The molecular formula is C55H53N4OPt-3. The predicted molar refractivity (Wildman–Crippen MR) is 250 cm³/mol. The van der Waals surface area contributed by atoms with Gasteiger partial charge >= 0.3 is 0 Å². The maximum Gasteiger partial charge on any atom is 0.135 e. The van der Waals surface area contributed by atoms with Gasteiger partial charge in [0, 0.05) is 62.2 Å². The standard InChI is InChI=1S/C55H53N4O.Pt/c1-53(2,3)39-17-14-16-37(30-39)45-26-24-40(54(4,5)6)31-38(45)35-57-36-58(50-23-13-12-22-49(50)57)42-18-15-19-43(33-42)60-44-25-27-47-46-20-10-11-21-48(46)59(51(47)34-44)52-32-41(28-29-56-52)55(7,8)9;/h10-32,36H,35H2,1-9H3;/q-3;. The number of nitrogens with zero attached hydrogens (tertiary/aromatic N) is 4. The average Bonchev–Trinajstić information content (AvgIpc) is 3.75. The molecule has 0 fully saturated rings. The number of hydrogen-bond acceptors (Lipinski definition) is 4. The fourth-order valence-corrected chi connectivity index (χ4v) is 8.24. The predicted octanol–water partition coefficient (Wildman–Crippen LogP) is 14.4. The zero-order chi connectivity index (χ0) is 42.0. The molecule has 0 saturated heterocycles. The molecule has 1 aliphatic heterocycles. The molecule has 2 aromatic heterocycles. The number of fused-ring (bicyclic) bond motifs is 4. The van der Waals surface area contributed by atoms with E-state index in [1.165, 1.54) is 33.4 Å². The van der Waals surface area contributed by atoms with Gasteiger partial charge in [-0.1, -0.05) is 141 Å². The quantitative estimate of drug-likeness (QED) is 0.149. The fraction of sp³-hybridized carbons (Fsp3) is 0.236. The Labute approximate surface area is 376 Å². The van der Waals surface area contributed by atoms with E-state index in [0.717, 1.165) is 44.7 Å². The van der Waals surface area contributed by atoms with Crippen molar-refractivity contribution in [3.8, 4) is 28.4 Å². The Morgan fingerprint density at radius 2 is 1.26 bits per heavy atom. The van der Waals surface area contributed by atoms with E-state index in [1.54, 1.807) is 0 Å². The molecule has 0 N–H and O–H groups in total. The molecule has 0 radical (unpaired) electrons. The molecule has 6 heteroatoms. The number of ether oxygens (including phenoxy) is 1. The third-order valence-corrected chi connectivity index (χ3v) is 11.7. The monoisotopic (exact) mass is 980 g/mol. The summed E-state index contributed by atoms with van der Waals surface area (Å²) in [5.74, 6) is 2.09. The Morgan fingerprint density at radius 1 is 0.590 bits per heavy atom. The third-order valence-electron chi connectivity index (χ3n) is 11.7. The van der Waals surface area contributed by atoms with Crippen LogP contribution in [0.5, 0.6) is 11.5 Å². The SMILES string of the molecule is CC(C)(C)c1cccc(-c2ccc(C(C)(C)C)cc2CN2[CH-]N(c3[c-]c(Oc4[c-]c5c(cc4)c4ccccc4n5-c4cc(C(C)(C)C)ccn4)ccc3)c3ccccc32)c1.[Pt]. The zero-order valence-corrected chi connectivity index (χ0v) is 38.8. The van der Waals surface area contributed by atoms with Gasteiger partial charge in [-0.05, 0) is 85.3 Å². The summed E-state index contributed by atoms with van der Waals surface area (Å²) < 4.78 is 8.80. The Balaban J connectivity index is 0.00000514. The van der Waals surface area contributed by atoms with E-state index in [4.69, 9.17) is 9.72 Å². The van der Waals surface area contributed by atoms with Gasteiger partial charge in [0.25, 0.3) is 0 Å². The van der Waals surface area contributed by atoms with Crippen LogP contribution in [-0.4, -0.2) is 9.55 Å². The number of para-hydroxylation sites is 3. The summed E-state index contributed by atoms with van der Waals surface area (Å²) in [5.41, 5.74) is 12.8. The summed E-state index contributed by atoms with van der Waals surface area (Å²) >= 11 is 0. The maximum absolute atomic E-state index is 6.61. The molecule has 61 heavy (non-hydrogen) atoms. The van der Waals surface area contributed by atoms with Crippen LogP contribution < -0.4 is 14.5 Å². The van der Waals surface area contributed by atoms with Crippen molar-refractivity contribution in [2.45, 2.75) is 85.1 Å². The van der Waals surface area contributed by atoms with E-state index in [2.05, 4.69) is 211 Å². The van der Waals surface area contributed by atoms with Crippen LogP contribution in [0.2, 0.25) is 0 Å². The van der Waals surface area contributed by atoms with E-state index < -0.39 is 0 Å². The number of rotatable bonds is 7. The van der Waals surface area contributed by atoms with E-state index in [0.29, 0.717) is 18.0 Å². The second-order valence-electron chi connectivity index (χ2n) is 19.1. The molecular weight excluding hydrogens is 928 g/mol. The van der Waals surface area contributed by atoms with Crippen LogP contribution in [0.1, 0.15) is 84.6 Å². The number of hydrogen-bond donors (Lipinski definition) is 0. The van der Waals surface area contributed by atoms with E-state index in [-0.39, 0.29) is 37.3 Å². The minimum Gasteiger partial charge on any atom is -0.509 e. The zero-order valence-electron chi connectivity index (χ0n) is 36.6. The van der Waals surface area contributed by atoms with Crippen LogP contribution in [0, 0.1) is 18.8 Å². The van der Waals surface area contributed by atoms with Crippen molar-refractivity contribution in [2.75, 3.05) is 9.80 Å². The van der Waals surface area contributed by atoms with Gasteiger partial charge in [0.05, 0.1) is 0 Å². The minimum absolute atomic E-state index is 0. The number of aromatic nitrogens is 2. The Hall–Kier alpha value is -5.64. The Bertz CT molecular complexity index is 2890. The van der Waals surface area contributed by atoms with Crippen LogP contribution in [0.4, 0.5) is 17.1 Å². The van der Waals surface area contributed by atoms with Gasteiger partial charge in [-0.3, -0.25) is 0 Å². The average molecular weight is 981 g/mol. The van der Waals surface area contributed by atoms with Gasteiger partial charge in [0.1, 0.15) is 5.82 Å². The number of benzene rings is 6. The summed E-state index contributed by atoms with van der Waals surface area (Å²) in [7, 11) is 0. The molecule has 0 saturated carbocycles. The molecule has 1 aliphatic rings. The van der Waals surface area contributed by atoms with Crippen molar-refractivity contribution in [3.63, 3.8) is 0 Å². The van der Waals surface area contributed by atoms with Crippen molar-refractivity contribution >= 4 is 38.9 Å². The Morgan fingerprint density at radius 3 is 2.03 bits per heavy atom. The first-order valence-electron chi connectivity index (χ1n) is 21.0. The second kappa shape index (κ2) is 16.0. The van der Waals surface area contributed by atoms with E-state index in [9.17, 15) is 0 Å². The second-order valence-corrected chi connectivity index (χ2v) is 19.1. The van der Waals surface area contributed by atoms with Gasteiger partial charge in [-0.15, -0.1) is 41.4 Å². The van der Waals surface area contributed by atoms with Crippen molar-refractivity contribution < 1.29 is 25.8 Å². The smallest absolute Gasteiger partial charge is 0.135 e. The van der Waals surface area contributed by atoms with Gasteiger partial charge in [0.2, 0.25) is 0 Å². The Kier molecular flexibility index (Phi) is 11.0. The summed E-state index contributed by atoms with van der Waals surface area (Å²) in [5, 5.41) is 2.25. The van der Waals surface area contributed by atoms with Crippen LogP contribution in [0.3, 0.4) is 0 Å². The van der Waals surface area contributed by atoms with Gasteiger partial charge in [-0.2, -0.15) is 18.8 Å². The first kappa shape index (κ1) is 42.1. The van der Waals surface area contributed by atoms with E-state index >= 15 is 0 Å². The molecule has 3 heterocycles. The molecule has 0 atom stereocenters. The topological polar surface area (TPSA) is 33.5 Å². The molecule has 5 nitrogen and oxygen atoms in total. The van der Waals surface area contributed by atoms with Crippen molar-refractivity contribution in [1.29, 1.82) is 0 Å². The van der Waals surface area contributed by atoms with E-state index in [1.807, 2.05) is 24.4 Å². The molecule has 0 spiro atoms. The molecule has 0 bridgehead atoms. The minimum atomic E-state index is -0.0154. The van der Waals surface area contributed by atoms with Crippen LogP contribution in [0.25, 0.3) is 38.8 Å².